The molecule has 0 atom stereocenters. The summed E-state index contributed by atoms with van der Waals surface area (Å²) in [5, 5.41) is 6.58. The Labute approximate surface area is 144 Å². The molecule has 0 aliphatic heterocycles. The van der Waals surface area contributed by atoms with E-state index in [2.05, 4.69) is 15.5 Å². The zero-order chi connectivity index (χ0) is 17.8. The number of anilines is 1. The van der Waals surface area contributed by atoms with Gasteiger partial charge in [0.2, 0.25) is 5.91 Å². The van der Waals surface area contributed by atoms with Gasteiger partial charge in [0.15, 0.2) is 5.82 Å². The van der Waals surface area contributed by atoms with Crippen molar-refractivity contribution in [1.82, 2.24) is 14.7 Å². The van der Waals surface area contributed by atoms with Crippen LogP contribution in [0.2, 0.25) is 0 Å². The minimum atomic E-state index is -0.279. The van der Waals surface area contributed by atoms with Crippen molar-refractivity contribution in [2.24, 2.45) is 0 Å². The van der Waals surface area contributed by atoms with Gasteiger partial charge in [0.1, 0.15) is 6.54 Å². The third-order valence-electron chi connectivity index (χ3n) is 3.74. The third kappa shape index (κ3) is 3.82. The fourth-order valence-electron chi connectivity index (χ4n) is 2.49. The molecule has 25 heavy (non-hydrogen) atoms. The number of benzene rings is 1. The van der Waals surface area contributed by atoms with Crippen LogP contribution in [0.4, 0.5) is 5.69 Å². The first-order valence-electron chi connectivity index (χ1n) is 7.95. The van der Waals surface area contributed by atoms with Crippen molar-refractivity contribution in [2.75, 3.05) is 5.32 Å². The Bertz CT molecular complexity index is 959. The molecule has 0 aliphatic rings. The number of aromatic nitrogens is 3. The Morgan fingerprint density at radius 2 is 2.04 bits per heavy atom. The second-order valence-electron chi connectivity index (χ2n) is 5.59. The van der Waals surface area contributed by atoms with E-state index < -0.39 is 0 Å². The molecule has 7 heteroatoms. The van der Waals surface area contributed by atoms with Gasteiger partial charge in [-0.15, -0.1) is 0 Å². The molecule has 0 radical (unpaired) electrons. The molecule has 2 aromatic heterocycles. The van der Waals surface area contributed by atoms with Crippen LogP contribution in [-0.2, 0) is 17.8 Å². The van der Waals surface area contributed by atoms with Crippen molar-refractivity contribution in [3.05, 3.63) is 64.3 Å². The number of nitrogens with one attached hydrogen (secondary N) is 1. The molecular weight excluding hydrogens is 320 g/mol. The highest BCUT2D eigenvalue weighted by atomic mass is 16.5. The van der Waals surface area contributed by atoms with Crippen LogP contribution in [0.5, 0.6) is 0 Å². The number of pyridine rings is 1. The summed E-state index contributed by atoms with van der Waals surface area (Å²) < 4.78 is 6.42. The van der Waals surface area contributed by atoms with Gasteiger partial charge in [0, 0.05) is 18.0 Å². The fraction of sp³-hybridized carbons (Fsp3) is 0.222. The Hall–Kier alpha value is -3.22. The highest BCUT2D eigenvalue weighted by Gasteiger charge is 2.11. The maximum Gasteiger partial charge on any atom is 0.259 e. The Kier molecular flexibility index (Phi) is 4.74. The zero-order valence-corrected chi connectivity index (χ0v) is 14.0. The minimum Gasteiger partial charge on any atom is -0.334 e. The van der Waals surface area contributed by atoms with Gasteiger partial charge in [0.05, 0.1) is 5.56 Å². The number of carbonyl (C=O) groups is 1. The first-order valence-corrected chi connectivity index (χ1v) is 7.95. The molecule has 3 rings (SSSR count). The van der Waals surface area contributed by atoms with Crippen LogP contribution in [-0.4, -0.2) is 20.6 Å². The summed E-state index contributed by atoms with van der Waals surface area (Å²) in [7, 11) is 0. The number of hydrogen-bond donors (Lipinski definition) is 1. The average Bonchev–Trinajstić information content (AvgIpc) is 3.04. The number of carbonyl (C=O) groups excluding carboxylic acids is 1. The van der Waals surface area contributed by atoms with Crippen LogP contribution in [0.1, 0.15) is 18.3 Å². The van der Waals surface area contributed by atoms with Crippen LogP contribution >= 0.6 is 0 Å². The zero-order valence-electron chi connectivity index (χ0n) is 14.0. The first-order chi connectivity index (χ1) is 12.1. The van der Waals surface area contributed by atoms with E-state index in [1.807, 2.05) is 31.2 Å². The molecule has 1 aromatic carbocycles. The van der Waals surface area contributed by atoms with E-state index in [4.69, 9.17) is 4.52 Å². The van der Waals surface area contributed by atoms with Gasteiger partial charge in [0.25, 0.3) is 11.4 Å². The van der Waals surface area contributed by atoms with Crippen molar-refractivity contribution in [3.8, 4) is 11.5 Å². The maximum atomic E-state index is 12.3. The number of aryl methyl sites for hydroxylation is 2. The number of nitrogens with zero attached hydrogens (tertiary/aromatic N) is 3. The van der Waals surface area contributed by atoms with Gasteiger partial charge in [-0.1, -0.05) is 30.3 Å². The number of hydrogen-bond acceptors (Lipinski definition) is 5. The molecular formula is C18H18N4O3. The molecule has 7 nitrogen and oxygen atoms in total. The fourth-order valence-corrected chi connectivity index (χ4v) is 2.49. The average molecular weight is 338 g/mol. The van der Waals surface area contributed by atoms with Crippen LogP contribution in [0.3, 0.4) is 0 Å². The summed E-state index contributed by atoms with van der Waals surface area (Å²) in [4.78, 5) is 28.5. The van der Waals surface area contributed by atoms with E-state index in [1.165, 1.54) is 10.6 Å². The molecule has 0 fully saturated rings. The summed E-state index contributed by atoms with van der Waals surface area (Å²) in [6.07, 6.45) is 2.35. The predicted octanol–water partition coefficient (Wildman–Crippen LogP) is 2.41. The van der Waals surface area contributed by atoms with Gasteiger partial charge < -0.3 is 14.4 Å². The summed E-state index contributed by atoms with van der Waals surface area (Å²) >= 11 is 0. The summed E-state index contributed by atoms with van der Waals surface area (Å²) in [6.45, 7) is 3.63. The minimum absolute atomic E-state index is 0.0994. The third-order valence-corrected chi connectivity index (χ3v) is 3.74. The largest absolute Gasteiger partial charge is 0.334 e. The van der Waals surface area contributed by atoms with E-state index in [0.717, 1.165) is 17.7 Å². The van der Waals surface area contributed by atoms with Crippen molar-refractivity contribution in [2.45, 2.75) is 26.8 Å². The molecule has 0 saturated heterocycles. The second kappa shape index (κ2) is 7.12. The quantitative estimate of drug-likeness (QED) is 0.771. The number of rotatable bonds is 5. The van der Waals surface area contributed by atoms with Gasteiger partial charge in [-0.05, 0) is 31.0 Å². The molecule has 2 heterocycles. The lowest BCUT2D eigenvalue weighted by molar-refractivity contribution is -0.116. The number of amides is 1. The molecule has 1 N–H and O–H groups in total. The predicted molar refractivity (Wildman–Crippen MR) is 93.2 cm³/mol. The van der Waals surface area contributed by atoms with Gasteiger partial charge in [-0.25, -0.2) is 0 Å². The molecule has 128 valence electrons. The monoisotopic (exact) mass is 338 g/mol. The molecule has 0 bridgehead atoms. The van der Waals surface area contributed by atoms with Crippen LogP contribution < -0.4 is 10.9 Å². The normalized spacial score (nSPS) is 10.6. The van der Waals surface area contributed by atoms with E-state index in [1.54, 1.807) is 19.2 Å². The topological polar surface area (TPSA) is 90.0 Å². The maximum absolute atomic E-state index is 12.3. The highest BCUT2D eigenvalue weighted by molar-refractivity contribution is 5.91. The van der Waals surface area contributed by atoms with Crippen molar-refractivity contribution in [1.29, 1.82) is 0 Å². The first kappa shape index (κ1) is 16.6. The summed E-state index contributed by atoms with van der Waals surface area (Å²) in [5.41, 5.74) is 2.10. The van der Waals surface area contributed by atoms with Gasteiger partial charge in [-0.2, -0.15) is 4.98 Å². The van der Waals surface area contributed by atoms with Crippen LogP contribution in [0.15, 0.2) is 51.9 Å². The van der Waals surface area contributed by atoms with E-state index in [0.29, 0.717) is 17.3 Å². The lowest BCUT2D eigenvalue weighted by atomic mass is 10.1. The molecule has 3 aromatic rings. The van der Waals surface area contributed by atoms with E-state index in [-0.39, 0.29) is 18.0 Å². The second-order valence-corrected chi connectivity index (χ2v) is 5.59. The van der Waals surface area contributed by atoms with Crippen molar-refractivity contribution in [3.63, 3.8) is 0 Å². The van der Waals surface area contributed by atoms with Crippen molar-refractivity contribution >= 4 is 11.6 Å². The molecule has 0 saturated carbocycles. The van der Waals surface area contributed by atoms with Crippen LogP contribution in [0, 0.1) is 6.92 Å². The lowest BCUT2D eigenvalue weighted by Gasteiger charge is -2.11. The van der Waals surface area contributed by atoms with Gasteiger partial charge in [-0.3, -0.25) is 9.59 Å². The Balaban J connectivity index is 1.80. The molecule has 0 spiro atoms. The highest BCUT2D eigenvalue weighted by Crippen LogP contribution is 2.16. The summed E-state index contributed by atoms with van der Waals surface area (Å²) in [6, 6.07) is 10.6. The van der Waals surface area contributed by atoms with Crippen molar-refractivity contribution < 1.29 is 9.32 Å². The number of para-hydroxylation sites is 1. The van der Waals surface area contributed by atoms with Crippen LogP contribution in [0.25, 0.3) is 11.5 Å². The lowest BCUT2D eigenvalue weighted by Crippen LogP contribution is -2.27. The van der Waals surface area contributed by atoms with Gasteiger partial charge >= 0.3 is 0 Å². The molecule has 1 amide bonds. The van der Waals surface area contributed by atoms with E-state index in [9.17, 15) is 9.59 Å². The Morgan fingerprint density at radius 1 is 1.24 bits per heavy atom. The summed E-state index contributed by atoms with van der Waals surface area (Å²) in [5.74, 6) is 0.534. The smallest absolute Gasteiger partial charge is 0.259 e. The SMILES string of the molecule is CCc1ccccc1NC(=O)Cn1cc(-c2nc(C)no2)ccc1=O. The standard InChI is InChI=1S/C18H18N4O3/c1-3-13-6-4-5-7-15(13)20-16(23)11-22-10-14(8-9-17(22)24)18-19-12(2)21-25-18/h4-10H,3,11H2,1-2H3,(H,20,23). The van der Waals surface area contributed by atoms with E-state index >= 15 is 0 Å². The molecule has 0 unspecified atom stereocenters. The molecule has 0 aliphatic carbocycles. The Morgan fingerprint density at radius 3 is 2.76 bits per heavy atom.